The molecule has 3 heterocycles. The van der Waals surface area contributed by atoms with Gasteiger partial charge in [-0.15, -0.1) is 5.10 Å². The summed E-state index contributed by atoms with van der Waals surface area (Å²) >= 11 is 0. The molecule has 3 aromatic heterocycles. The molecular weight excluding hydrogens is 1210 g/mol. The van der Waals surface area contributed by atoms with E-state index in [1.807, 2.05) is 59.4 Å². The average molecular weight is 1310 g/mol. The minimum absolute atomic E-state index is 0.0816. The van der Waals surface area contributed by atoms with Crippen molar-refractivity contribution < 1.29 is 97.0 Å². The van der Waals surface area contributed by atoms with Gasteiger partial charge in [-0.3, -0.25) is 23.2 Å². The van der Waals surface area contributed by atoms with Gasteiger partial charge in [0, 0.05) is 31.2 Å². The fourth-order valence-electron chi connectivity index (χ4n) is 7.26. The maximum atomic E-state index is 11.2. The highest BCUT2D eigenvalue weighted by molar-refractivity contribution is 7.54. The van der Waals surface area contributed by atoms with Crippen LogP contribution < -0.4 is 0 Å². The second-order valence-electron chi connectivity index (χ2n) is 24.5. The number of hydrogen-bond donors (Lipinski definition) is 16. The van der Waals surface area contributed by atoms with E-state index in [0.29, 0.717) is 37.1 Å². The summed E-state index contributed by atoms with van der Waals surface area (Å²) in [4.78, 5) is 122. The van der Waals surface area contributed by atoms with Crippen LogP contribution in [0, 0.1) is 0 Å². The molecule has 0 aliphatic heterocycles. The van der Waals surface area contributed by atoms with Gasteiger partial charge in [0.1, 0.15) is 0 Å². The van der Waals surface area contributed by atoms with E-state index < -0.39 is 85.0 Å². The van der Waals surface area contributed by atoms with Gasteiger partial charge in [-0.1, -0.05) is 17.7 Å². The predicted octanol–water partition coefficient (Wildman–Crippen LogP) is 4.40. The van der Waals surface area contributed by atoms with Crippen LogP contribution in [0.1, 0.15) is 95.2 Å². The van der Waals surface area contributed by atoms with E-state index in [1.165, 1.54) is 28.7 Å². The van der Waals surface area contributed by atoms with Crippen LogP contribution in [0.3, 0.4) is 0 Å². The molecule has 0 bridgehead atoms. The van der Waals surface area contributed by atoms with Gasteiger partial charge in [-0.2, -0.15) is 0 Å². The highest BCUT2D eigenvalue weighted by Gasteiger charge is 2.43. The van der Waals surface area contributed by atoms with Crippen LogP contribution in [-0.4, -0.2) is 188 Å². The molecule has 474 valence electrons. The Morgan fingerprint density at radius 2 is 0.926 bits per heavy atom. The molecule has 0 saturated heterocycles. The molecule has 81 heavy (non-hydrogen) atoms. The van der Waals surface area contributed by atoms with Crippen LogP contribution in [0.4, 0.5) is 0 Å². The third-order valence-electron chi connectivity index (χ3n) is 12.6. The number of aromatic nitrogens is 6. The van der Waals surface area contributed by atoms with E-state index in [1.54, 1.807) is 24.7 Å². The Morgan fingerprint density at radius 1 is 0.519 bits per heavy atom. The number of aryl methyl sites for hydroxylation is 3. The fourth-order valence-corrected chi connectivity index (χ4v) is 13.0. The summed E-state index contributed by atoms with van der Waals surface area (Å²) in [6.45, 7) is 20.6. The molecule has 0 fully saturated rings. The first kappa shape index (κ1) is 79.6. The van der Waals surface area contributed by atoms with Gasteiger partial charge >= 0.3 is 30.4 Å². The Balaban J connectivity index is 0.00000105. The van der Waals surface area contributed by atoms with Gasteiger partial charge in [0.25, 0.3) is 0 Å². The number of pyridine rings is 1. The van der Waals surface area contributed by atoms with Gasteiger partial charge < -0.3 is 88.2 Å². The summed E-state index contributed by atoms with van der Waals surface area (Å²) in [5.41, 5.74) is 2.98. The number of aliphatic hydroxyl groups is 4. The van der Waals surface area contributed by atoms with E-state index in [0.717, 1.165) is 101 Å². The zero-order chi connectivity index (χ0) is 63.5. The third-order valence-corrected chi connectivity index (χ3v) is 24.6. The van der Waals surface area contributed by atoms with Crippen molar-refractivity contribution in [3.63, 3.8) is 0 Å². The first-order chi connectivity index (χ1) is 36.1. The number of imidazole rings is 1. The largest absolute Gasteiger partial charge is 0.432 e. The van der Waals surface area contributed by atoms with Gasteiger partial charge in [-0.25, -0.2) is 9.67 Å². The maximum Gasteiger partial charge on any atom is 0.358 e. The highest BCUT2D eigenvalue weighted by Crippen LogP contribution is 2.52. The van der Waals surface area contributed by atoms with Crippen LogP contribution in [-0.2, 0) is 57.0 Å². The summed E-state index contributed by atoms with van der Waals surface area (Å²) < 4.78 is 47.2. The van der Waals surface area contributed by atoms with Crippen molar-refractivity contribution >= 4 is 63.7 Å². The lowest BCUT2D eigenvalue weighted by atomic mass is 10.1. The molecule has 0 radical (unpaired) electrons. The summed E-state index contributed by atoms with van der Waals surface area (Å²) in [5, 5.41) is 38.3. The predicted molar refractivity (Wildman–Crippen MR) is 320 cm³/mol. The van der Waals surface area contributed by atoms with Crippen LogP contribution in [0.15, 0.2) is 37.2 Å². The average Bonchev–Trinajstić information content (AvgIpc) is 3.87. The molecule has 4 atom stereocenters. The quantitative estimate of drug-likeness (QED) is 0.0241. The SMILES string of the molecule is CC(O)(Cc1cncc(CCC[Si](C)(C)O)c1)P(=O)(O)O.CC(O)(Cn1cc(CCC[Si](C)(C)O)nn1)P(=O)(O)O.CC(O)(Cn1cnc(CCC[Si](C)(C)O)c1)P(=O)(O)O.CN(CCCC[Si](C)(C)O)CCCC(C)(O)P(=O)(O)O. The fraction of sp³-hybridized carbons (Fsp3) is 0.783. The summed E-state index contributed by atoms with van der Waals surface area (Å²) in [7, 11) is -24.4. The topological polar surface area (TPSA) is 457 Å². The molecular formula is C46H99N7O20P4Si4. The Morgan fingerprint density at radius 3 is 1.38 bits per heavy atom. The minimum Gasteiger partial charge on any atom is -0.432 e. The third kappa shape index (κ3) is 35.7. The lowest BCUT2D eigenvalue weighted by Crippen LogP contribution is -2.30. The van der Waals surface area contributed by atoms with E-state index in [-0.39, 0.29) is 25.9 Å². The van der Waals surface area contributed by atoms with Crippen molar-refractivity contribution in [2.45, 2.75) is 209 Å². The summed E-state index contributed by atoms with van der Waals surface area (Å²) in [6.07, 6.45) is 14.8. The molecule has 27 nitrogen and oxygen atoms in total. The summed E-state index contributed by atoms with van der Waals surface area (Å²) in [5.74, 6) is 0. The molecule has 0 aliphatic carbocycles. The monoisotopic (exact) mass is 1310 g/mol. The molecule has 0 spiro atoms. The van der Waals surface area contributed by atoms with Crippen molar-refractivity contribution in [1.82, 2.24) is 34.4 Å². The van der Waals surface area contributed by atoms with Crippen molar-refractivity contribution in [3.8, 4) is 0 Å². The molecule has 0 aromatic carbocycles. The maximum absolute atomic E-state index is 11.2. The van der Waals surface area contributed by atoms with Gasteiger partial charge in [0.15, 0.2) is 54.6 Å². The smallest absolute Gasteiger partial charge is 0.358 e. The lowest BCUT2D eigenvalue weighted by Gasteiger charge is -2.25. The van der Waals surface area contributed by atoms with Gasteiger partial charge in [-0.05, 0) is 193 Å². The molecule has 4 unspecified atom stereocenters. The van der Waals surface area contributed by atoms with E-state index in [4.69, 9.17) is 39.1 Å². The molecule has 35 heteroatoms. The Kier molecular flexibility index (Phi) is 32.0. The molecule has 0 amide bonds. The Hall–Kier alpha value is -1.39. The second-order valence-corrected chi connectivity index (χ2v) is 49.2. The Labute approximate surface area is 482 Å². The van der Waals surface area contributed by atoms with Crippen molar-refractivity contribution in [1.29, 1.82) is 0 Å². The molecule has 3 rings (SSSR count). The standard InChI is InChI=1S/C13H24NO5PSi.C12H30NO5PSi.C11H23N2O5PSi.C10H22N3O5PSi/c1-13(15,20(16,17)18)8-12-7-11(9-14-10-12)5-4-6-21(2,3)19;1-12(14,19(15,16)17)8-7-10-13(2)9-5-6-11-20(3,4)18;1-11(14,19(15,16)17)8-13-7-10(12-9-13)5-4-6-20(2,3)18;1-10(14,19(15,16)17)8-13-7-9(11-12-13)5-4-6-20(2,3)18/h7,9-10,15,19H,4-6,8H2,1-3H3,(H2,16,17,18);14,18H,5-11H2,1-4H3,(H2,15,16,17);7,9,14,18H,4-6,8H2,1-3H3,(H2,15,16,17);7,14,18H,4-6,8H2,1-3H3,(H2,15,16,17). The van der Waals surface area contributed by atoms with Gasteiger partial charge in [0.05, 0.1) is 30.8 Å². The first-order valence-corrected chi connectivity index (χ1v) is 45.7. The van der Waals surface area contributed by atoms with Crippen LogP contribution in [0.25, 0.3) is 0 Å². The first-order valence-electron chi connectivity index (χ1n) is 26.6. The van der Waals surface area contributed by atoms with Crippen molar-refractivity contribution in [2.24, 2.45) is 0 Å². The number of hydrogen-bond acceptors (Lipinski definition) is 17. The molecule has 3 aromatic rings. The van der Waals surface area contributed by atoms with E-state index in [2.05, 4.69) is 25.2 Å². The zero-order valence-electron chi connectivity index (χ0n) is 49.6. The molecule has 16 N–H and O–H groups in total. The van der Waals surface area contributed by atoms with Crippen molar-refractivity contribution in [2.75, 3.05) is 20.1 Å². The Bertz CT molecular complexity index is 2420. The number of unbranched alkanes of at least 4 members (excludes halogenated alkanes) is 1. The van der Waals surface area contributed by atoms with Crippen LogP contribution in [0.2, 0.25) is 76.6 Å². The van der Waals surface area contributed by atoms with Crippen LogP contribution in [0.5, 0.6) is 0 Å². The number of nitrogens with zero attached hydrogens (tertiary/aromatic N) is 7. The normalized spacial score (nSPS) is 16.1. The van der Waals surface area contributed by atoms with Crippen LogP contribution >= 0.6 is 30.4 Å². The zero-order valence-corrected chi connectivity index (χ0v) is 57.2. The second kappa shape index (κ2) is 32.5. The van der Waals surface area contributed by atoms with Crippen molar-refractivity contribution in [3.05, 3.63) is 59.7 Å². The number of rotatable bonds is 31. The van der Waals surface area contributed by atoms with E-state index in [9.17, 15) is 57.9 Å². The minimum atomic E-state index is -4.63. The molecule has 0 saturated carbocycles. The molecule has 0 aliphatic rings. The van der Waals surface area contributed by atoms with Gasteiger partial charge in [0.2, 0.25) is 0 Å². The lowest BCUT2D eigenvalue weighted by molar-refractivity contribution is 0.0870. The summed E-state index contributed by atoms with van der Waals surface area (Å²) in [6, 6.07) is 5.01. The highest BCUT2D eigenvalue weighted by atomic mass is 31.2. The van der Waals surface area contributed by atoms with E-state index >= 15 is 0 Å².